The molecule has 1 aromatic heterocycles. The summed E-state index contributed by atoms with van der Waals surface area (Å²) in [5.74, 6) is -2.08. The van der Waals surface area contributed by atoms with Crippen LogP contribution in [0.15, 0.2) is 47.4 Å². The summed E-state index contributed by atoms with van der Waals surface area (Å²) in [5.41, 5.74) is 2.55. The van der Waals surface area contributed by atoms with Crippen molar-refractivity contribution >= 4 is 16.7 Å². The topological polar surface area (TPSA) is 65.2 Å². The van der Waals surface area contributed by atoms with Crippen molar-refractivity contribution in [3.8, 4) is 0 Å². The summed E-state index contributed by atoms with van der Waals surface area (Å²) in [6.07, 6.45) is 2.53. The summed E-state index contributed by atoms with van der Waals surface area (Å²) in [4.78, 5) is 29.0. The van der Waals surface area contributed by atoms with Crippen molar-refractivity contribution in [1.29, 1.82) is 0 Å². The standard InChI is InChI=1S/C22H21F2N3O2/c1-27(22(29)20-8-13-4-2-3-5-14(13)11-25-20)7-6-15-12-26-21(28)17-10-19(24)18(23)9-16(15)17/h2-5,9-10,12,20,25H,6-8,11H2,1H3,(H,26,28)/t20-/m1/s1. The second-order valence-electron chi connectivity index (χ2n) is 7.37. The molecule has 0 saturated heterocycles. The SMILES string of the molecule is CN(CCc1c[nH]c(=O)c2cc(F)c(F)cc12)C(=O)[C@H]1Cc2ccccc2CN1. The molecule has 0 spiro atoms. The van der Waals surface area contributed by atoms with Crippen molar-refractivity contribution in [2.75, 3.05) is 13.6 Å². The van der Waals surface area contributed by atoms with Crippen LogP contribution in [0.5, 0.6) is 0 Å². The second kappa shape index (κ2) is 7.75. The molecular weight excluding hydrogens is 376 g/mol. The molecule has 0 radical (unpaired) electrons. The molecule has 2 aromatic carbocycles. The maximum atomic E-state index is 13.7. The molecule has 0 saturated carbocycles. The number of amides is 1. The number of pyridine rings is 1. The van der Waals surface area contributed by atoms with Crippen molar-refractivity contribution in [3.05, 3.63) is 81.3 Å². The van der Waals surface area contributed by atoms with E-state index in [1.165, 1.54) is 17.3 Å². The Labute approximate surface area is 166 Å². The van der Waals surface area contributed by atoms with Crippen LogP contribution < -0.4 is 10.9 Å². The van der Waals surface area contributed by atoms with Gasteiger partial charge in [0.05, 0.1) is 11.4 Å². The summed E-state index contributed by atoms with van der Waals surface area (Å²) in [6.45, 7) is 1.04. The molecule has 4 rings (SSSR count). The maximum absolute atomic E-state index is 13.7. The summed E-state index contributed by atoms with van der Waals surface area (Å²) in [6, 6.07) is 9.69. The number of aromatic nitrogens is 1. The number of carbonyl (C=O) groups excluding carboxylic acids is 1. The quantitative estimate of drug-likeness (QED) is 0.711. The Kier molecular flexibility index (Phi) is 5.15. The van der Waals surface area contributed by atoms with Crippen LogP contribution in [0.25, 0.3) is 10.8 Å². The number of rotatable bonds is 4. The van der Waals surface area contributed by atoms with Gasteiger partial charge in [-0.2, -0.15) is 0 Å². The van der Waals surface area contributed by atoms with Crippen molar-refractivity contribution in [2.24, 2.45) is 0 Å². The Morgan fingerprint density at radius 1 is 1.14 bits per heavy atom. The van der Waals surface area contributed by atoms with Crippen LogP contribution in [-0.4, -0.2) is 35.4 Å². The van der Waals surface area contributed by atoms with Gasteiger partial charge in [-0.25, -0.2) is 8.78 Å². The van der Waals surface area contributed by atoms with Crippen molar-refractivity contribution in [1.82, 2.24) is 15.2 Å². The third-order valence-electron chi connectivity index (χ3n) is 5.50. The number of halogens is 2. The maximum Gasteiger partial charge on any atom is 0.255 e. The predicted octanol–water partition coefficient (Wildman–Crippen LogP) is 2.52. The Hall–Kier alpha value is -3.06. The Morgan fingerprint density at radius 3 is 2.59 bits per heavy atom. The summed E-state index contributed by atoms with van der Waals surface area (Å²) in [5, 5.41) is 3.73. The highest BCUT2D eigenvalue weighted by Gasteiger charge is 2.26. The van der Waals surface area contributed by atoms with Crippen LogP contribution in [0.2, 0.25) is 0 Å². The van der Waals surface area contributed by atoms with Crippen LogP contribution in [0, 0.1) is 11.6 Å². The molecule has 29 heavy (non-hydrogen) atoms. The fourth-order valence-corrected chi connectivity index (χ4v) is 3.81. The number of benzene rings is 2. The monoisotopic (exact) mass is 397 g/mol. The fraction of sp³-hybridized carbons (Fsp3) is 0.273. The molecule has 2 heterocycles. The summed E-state index contributed by atoms with van der Waals surface area (Å²) in [7, 11) is 1.72. The number of fused-ring (bicyclic) bond motifs is 2. The number of nitrogens with one attached hydrogen (secondary N) is 2. The number of nitrogens with zero attached hydrogens (tertiary/aromatic N) is 1. The Morgan fingerprint density at radius 2 is 1.83 bits per heavy atom. The van der Waals surface area contributed by atoms with E-state index in [1.807, 2.05) is 18.2 Å². The van der Waals surface area contributed by atoms with Gasteiger partial charge in [0, 0.05) is 26.3 Å². The molecule has 0 fully saturated rings. The van der Waals surface area contributed by atoms with Crippen LogP contribution in [0.4, 0.5) is 8.78 Å². The highest BCUT2D eigenvalue weighted by Crippen LogP contribution is 2.20. The third kappa shape index (κ3) is 3.78. The van der Waals surface area contributed by atoms with Gasteiger partial charge in [-0.05, 0) is 47.1 Å². The van der Waals surface area contributed by atoms with E-state index in [0.717, 1.165) is 12.1 Å². The molecule has 1 atom stereocenters. The average Bonchev–Trinajstić information content (AvgIpc) is 2.73. The molecule has 0 unspecified atom stereocenters. The first-order chi connectivity index (χ1) is 13.9. The molecule has 1 aliphatic rings. The molecule has 150 valence electrons. The minimum absolute atomic E-state index is 0.0227. The van der Waals surface area contributed by atoms with Gasteiger partial charge in [-0.1, -0.05) is 24.3 Å². The molecule has 1 aliphatic heterocycles. The number of H-pyrrole nitrogens is 1. The Bertz CT molecular complexity index is 1140. The van der Waals surface area contributed by atoms with Crippen molar-refractivity contribution < 1.29 is 13.6 Å². The largest absolute Gasteiger partial charge is 0.344 e. The third-order valence-corrected chi connectivity index (χ3v) is 5.50. The van der Waals surface area contributed by atoms with Gasteiger partial charge in [0.1, 0.15) is 0 Å². The minimum Gasteiger partial charge on any atom is -0.344 e. The Balaban J connectivity index is 1.48. The van der Waals surface area contributed by atoms with E-state index in [4.69, 9.17) is 0 Å². The second-order valence-corrected chi connectivity index (χ2v) is 7.37. The lowest BCUT2D eigenvalue weighted by atomic mass is 9.95. The zero-order chi connectivity index (χ0) is 20.5. The van der Waals surface area contributed by atoms with Crippen LogP contribution in [-0.2, 0) is 24.2 Å². The van der Waals surface area contributed by atoms with Gasteiger partial charge < -0.3 is 15.2 Å². The molecule has 2 N–H and O–H groups in total. The zero-order valence-electron chi connectivity index (χ0n) is 16.0. The molecule has 3 aromatic rings. The minimum atomic E-state index is -1.06. The first-order valence-electron chi connectivity index (χ1n) is 9.48. The van der Waals surface area contributed by atoms with Crippen LogP contribution in [0.1, 0.15) is 16.7 Å². The molecule has 0 bridgehead atoms. The zero-order valence-corrected chi connectivity index (χ0v) is 16.0. The molecule has 5 nitrogen and oxygen atoms in total. The van der Waals surface area contributed by atoms with Gasteiger partial charge in [0.2, 0.25) is 5.91 Å². The average molecular weight is 397 g/mol. The summed E-state index contributed by atoms with van der Waals surface area (Å²) >= 11 is 0. The van der Waals surface area contributed by atoms with Gasteiger partial charge in [0.25, 0.3) is 5.56 Å². The van der Waals surface area contributed by atoms with E-state index in [-0.39, 0.29) is 17.3 Å². The van der Waals surface area contributed by atoms with E-state index in [0.29, 0.717) is 36.9 Å². The molecule has 7 heteroatoms. The fourth-order valence-electron chi connectivity index (χ4n) is 3.81. The molecular formula is C22H21F2N3O2. The lowest BCUT2D eigenvalue weighted by Gasteiger charge is -2.29. The van der Waals surface area contributed by atoms with E-state index in [9.17, 15) is 18.4 Å². The first-order valence-corrected chi connectivity index (χ1v) is 9.48. The predicted molar refractivity (Wildman–Crippen MR) is 107 cm³/mol. The number of hydrogen-bond acceptors (Lipinski definition) is 3. The van der Waals surface area contributed by atoms with Gasteiger partial charge >= 0.3 is 0 Å². The highest BCUT2D eigenvalue weighted by atomic mass is 19.2. The van der Waals surface area contributed by atoms with Gasteiger partial charge in [-0.15, -0.1) is 0 Å². The summed E-state index contributed by atoms with van der Waals surface area (Å²) < 4.78 is 27.2. The molecule has 0 aliphatic carbocycles. The molecule has 1 amide bonds. The van der Waals surface area contributed by atoms with E-state index in [2.05, 4.69) is 16.4 Å². The van der Waals surface area contributed by atoms with Crippen molar-refractivity contribution in [3.63, 3.8) is 0 Å². The van der Waals surface area contributed by atoms with Gasteiger partial charge in [-0.3, -0.25) is 9.59 Å². The van der Waals surface area contributed by atoms with E-state index < -0.39 is 17.2 Å². The van der Waals surface area contributed by atoms with Crippen molar-refractivity contribution in [2.45, 2.75) is 25.4 Å². The van der Waals surface area contributed by atoms with E-state index in [1.54, 1.807) is 11.9 Å². The first kappa shape index (κ1) is 19.3. The van der Waals surface area contributed by atoms with Crippen LogP contribution >= 0.6 is 0 Å². The number of carbonyl (C=O) groups is 1. The normalized spacial score (nSPS) is 15.9. The van der Waals surface area contributed by atoms with E-state index >= 15 is 0 Å². The van der Waals surface area contributed by atoms with Gasteiger partial charge in [0.15, 0.2) is 11.6 Å². The van der Waals surface area contributed by atoms with Crippen LogP contribution in [0.3, 0.4) is 0 Å². The smallest absolute Gasteiger partial charge is 0.255 e. The number of likely N-dealkylation sites (N-methyl/N-ethyl adjacent to an activating group) is 1. The number of hydrogen-bond donors (Lipinski definition) is 2. The highest BCUT2D eigenvalue weighted by molar-refractivity contribution is 5.85. The lowest BCUT2D eigenvalue weighted by molar-refractivity contribution is -0.132. The number of aromatic amines is 1. The lowest BCUT2D eigenvalue weighted by Crippen LogP contribution is -2.48.